The zero-order valence-corrected chi connectivity index (χ0v) is 37.2. The van der Waals surface area contributed by atoms with Crippen LogP contribution in [0, 0.1) is 34.2 Å². The Bertz CT molecular complexity index is 2660. The number of halogens is 3. The third kappa shape index (κ3) is 8.63. The van der Waals surface area contributed by atoms with Gasteiger partial charge < -0.3 is 29.9 Å². The van der Waals surface area contributed by atoms with Crippen molar-refractivity contribution in [2.24, 2.45) is 16.7 Å². The second kappa shape index (κ2) is 17.3. The summed E-state index contributed by atoms with van der Waals surface area (Å²) in [6, 6.07) is 10.6. The summed E-state index contributed by atoms with van der Waals surface area (Å²) in [5, 5.41) is 17.7. The van der Waals surface area contributed by atoms with Crippen LogP contribution in [0.3, 0.4) is 0 Å². The summed E-state index contributed by atoms with van der Waals surface area (Å²) in [4.78, 5) is 44.8. The maximum absolute atomic E-state index is 17.1. The topological polar surface area (TPSA) is 136 Å². The number of phenols is 1. The highest BCUT2D eigenvalue weighted by atomic mass is 19.1. The van der Waals surface area contributed by atoms with E-state index in [-0.39, 0.29) is 57.9 Å². The van der Waals surface area contributed by atoms with Gasteiger partial charge in [0.25, 0.3) is 0 Å². The molecule has 2 amide bonds. The number of anilines is 3. The summed E-state index contributed by atoms with van der Waals surface area (Å²) in [5.74, 6) is -1.11. The first kappa shape index (κ1) is 43.2. The first-order chi connectivity index (χ1) is 31.4. The van der Waals surface area contributed by atoms with Gasteiger partial charge in [-0.3, -0.25) is 19.9 Å². The number of hydrogen-bond acceptors (Lipinski definition) is 11. The van der Waals surface area contributed by atoms with Gasteiger partial charge in [0.15, 0.2) is 5.82 Å². The summed E-state index contributed by atoms with van der Waals surface area (Å²) >= 11 is 0. The average molecular weight is 891 g/mol. The molecule has 3 N–H and O–H groups in total. The van der Waals surface area contributed by atoms with Crippen molar-refractivity contribution in [1.29, 1.82) is 0 Å². The van der Waals surface area contributed by atoms with Crippen molar-refractivity contribution in [2.45, 2.75) is 90.5 Å². The number of carbonyl (C=O) groups is 2. The molecule has 4 aliphatic heterocycles. The molecule has 1 unspecified atom stereocenters. The summed E-state index contributed by atoms with van der Waals surface area (Å²) in [6.45, 7) is 10.4. The number of pyridine rings is 1. The van der Waals surface area contributed by atoms with Crippen LogP contribution >= 0.6 is 0 Å². The monoisotopic (exact) mass is 890 g/mol. The molecule has 0 bridgehead atoms. The number of benzene rings is 3. The Morgan fingerprint density at radius 1 is 0.908 bits per heavy atom. The predicted molar refractivity (Wildman–Crippen MR) is 245 cm³/mol. The number of aromatic nitrogens is 3. The lowest BCUT2D eigenvalue weighted by Gasteiger charge is -2.48. The molecule has 5 aliphatic rings. The SMILES string of the molecule is CCc1c(F)ccc2cc(O)cc(-c3ncc4c(N5CCC[C@H](C)C5)nc(OCC5(CN6CCC7(CC6)CCN(c6ccc(NC8CCC(=O)NC8=O)cc6F)CC7)CC5)nc4c3F)c12. The third-order valence-corrected chi connectivity index (χ3v) is 15.0. The van der Waals surface area contributed by atoms with Crippen LogP contribution in [0.25, 0.3) is 32.9 Å². The number of rotatable bonds is 11. The van der Waals surface area contributed by atoms with Gasteiger partial charge in [0.05, 0.1) is 17.7 Å². The van der Waals surface area contributed by atoms with E-state index in [0.29, 0.717) is 69.8 Å². The molecule has 5 fully saturated rings. The first-order valence-corrected chi connectivity index (χ1v) is 23.4. The zero-order valence-electron chi connectivity index (χ0n) is 37.2. The molecule has 2 atom stereocenters. The summed E-state index contributed by atoms with van der Waals surface area (Å²) in [6.07, 6.45) is 10.9. The van der Waals surface area contributed by atoms with Crippen molar-refractivity contribution in [3.05, 3.63) is 71.7 Å². The lowest BCUT2D eigenvalue weighted by atomic mass is 9.71. The number of fused-ring (bicyclic) bond motifs is 2. The number of aromatic hydroxyl groups is 1. The predicted octanol–water partition coefficient (Wildman–Crippen LogP) is 8.53. The Morgan fingerprint density at radius 2 is 1.69 bits per heavy atom. The summed E-state index contributed by atoms with van der Waals surface area (Å²) in [7, 11) is 0. The molecule has 5 aromatic rings. The minimum absolute atomic E-state index is 0.0177. The van der Waals surface area contributed by atoms with E-state index in [9.17, 15) is 14.7 Å². The molecule has 0 radical (unpaired) electrons. The fourth-order valence-corrected chi connectivity index (χ4v) is 10.9. The fourth-order valence-electron chi connectivity index (χ4n) is 10.9. The van der Waals surface area contributed by atoms with Crippen LogP contribution in [0.4, 0.5) is 30.4 Å². The number of phenolic OH excluding ortho intramolecular Hbond substituents is 1. The second-order valence-electron chi connectivity index (χ2n) is 19.5. The number of likely N-dealkylation sites (tertiary alicyclic amines) is 1. The van der Waals surface area contributed by atoms with Gasteiger partial charge in [0.1, 0.15) is 40.5 Å². The number of imide groups is 1. The van der Waals surface area contributed by atoms with Crippen molar-refractivity contribution in [3.63, 3.8) is 0 Å². The molecule has 10 rings (SSSR count). The molecule has 4 saturated heterocycles. The Labute approximate surface area is 376 Å². The number of nitrogens with zero attached hydrogens (tertiary/aromatic N) is 6. The lowest BCUT2D eigenvalue weighted by Crippen LogP contribution is -2.48. The molecule has 1 aliphatic carbocycles. The highest BCUT2D eigenvalue weighted by Crippen LogP contribution is 2.49. The van der Waals surface area contributed by atoms with Crippen LogP contribution in [0.5, 0.6) is 11.8 Å². The van der Waals surface area contributed by atoms with Crippen LogP contribution in [-0.2, 0) is 16.0 Å². The highest BCUT2D eigenvalue weighted by molar-refractivity contribution is 6.02. The number of piperidine rings is 4. The van der Waals surface area contributed by atoms with E-state index in [1.165, 1.54) is 18.2 Å². The van der Waals surface area contributed by atoms with Gasteiger partial charge in [-0.15, -0.1) is 0 Å². The molecule has 65 heavy (non-hydrogen) atoms. The molecule has 342 valence electrons. The minimum Gasteiger partial charge on any atom is -0.508 e. The molecule has 12 nitrogen and oxygen atoms in total. The van der Waals surface area contributed by atoms with E-state index in [1.54, 1.807) is 30.5 Å². The number of amides is 2. The van der Waals surface area contributed by atoms with Gasteiger partial charge in [-0.25, -0.2) is 13.2 Å². The normalized spacial score (nSPS) is 22.1. The van der Waals surface area contributed by atoms with E-state index in [4.69, 9.17) is 14.7 Å². The van der Waals surface area contributed by atoms with E-state index in [2.05, 4.69) is 37.2 Å². The summed E-state index contributed by atoms with van der Waals surface area (Å²) in [5.41, 5.74) is 2.06. The maximum atomic E-state index is 17.1. The number of hydrogen-bond donors (Lipinski definition) is 3. The Kier molecular flexibility index (Phi) is 11.5. The molecule has 15 heteroatoms. The van der Waals surface area contributed by atoms with Crippen LogP contribution in [-0.4, -0.2) is 95.2 Å². The highest BCUT2D eigenvalue weighted by Gasteiger charge is 2.47. The molecule has 1 spiro atoms. The number of aryl methyl sites for hydroxylation is 1. The van der Waals surface area contributed by atoms with Crippen molar-refractivity contribution >= 4 is 50.7 Å². The second-order valence-corrected chi connectivity index (χ2v) is 19.5. The van der Waals surface area contributed by atoms with Crippen LogP contribution in [0.2, 0.25) is 0 Å². The van der Waals surface area contributed by atoms with Gasteiger partial charge in [0.2, 0.25) is 11.8 Å². The van der Waals surface area contributed by atoms with Gasteiger partial charge in [-0.1, -0.05) is 19.9 Å². The molecule has 2 aromatic heterocycles. The molecular formula is C50H57F3N8O4. The Morgan fingerprint density at radius 3 is 2.42 bits per heavy atom. The number of nitrogens with one attached hydrogen (secondary N) is 2. The van der Waals surface area contributed by atoms with Crippen molar-refractivity contribution < 1.29 is 32.6 Å². The zero-order chi connectivity index (χ0) is 45.0. The smallest absolute Gasteiger partial charge is 0.319 e. The van der Waals surface area contributed by atoms with Crippen molar-refractivity contribution in [3.8, 4) is 23.0 Å². The van der Waals surface area contributed by atoms with E-state index >= 15 is 13.2 Å². The van der Waals surface area contributed by atoms with E-state index in [0.717, 1.165) is 97.2 Å². The van der Waals surface area contributed by atoms with Crippen LogP contribution in [0.1, 0.15) is 83.6 Å². The average Bonchev–Trinajstić information content (AvgIpc) is 4.07. The van der Waals surface area contributed by atoms with Gasteiger partial charge in [0, 0.05) is 62.0 Å². The minimum atomic E-state index is -0.671. The van der Waals surface area contributed by atoms with Crippen molar-refractivity contribution in [2.75, 3.05) is 67.5 Å². The fraction of sp³-hybridized carbons (Fsp3) is 0.500. The van der Waals surface area contributed by atoms with Gasteiger partial charge in [-0.2, -0.15) is 9.97 Å². The standard InChI is InChI=1S/C50H57F3N8O4/c1-3-34-37(51)8-6-31-23-33(62)25-35(42(31)34)44-43(53)45-36(26-54-44)46(61-18-4-5-30(2)27-61)58-48(57-45)65-29-50(12-13-50)28-59-19-14-49(15-20-59)16-21-60(22-17-49)40-10-7-32(24-38(40)52)55-39-9-11-41(63)56-47(39)64/h6-8,10,23-26,30,39,55,62H,3-5,9,11-22,27-29H2,1-2H3,(H,56,63,64)/t30-,39?/m0/s1. The lowest BCUT2D eigenvalue weighted by molar-refractivity contribution is -0.133. The van der Waals surface area contributed by atoms with E-state index < -0.39 is 17.7 Å². The first-order valence-electron chi connectivity index (χ1n) is 23.4. The van der Waals surface area contributed by atoms with Gasteiger partial charge in [-0.05, 0) is 141 Å². The number of carbonyl (C=O) groups excluding carboxylic acids is 2. The quantitative estimate of drug-likeness (QED) is 0.110. The summed E-state index contributed by atoms with van der Waals surface area (Å²) < 4.78 is 54.2. The third-order valence-electron chi connectivity index (χ3n) is 15.0. The Balaban J connectivity index is 0.810. The van der Waals surface area contributed by atoms with Crippen LogP contribution in [0.15, 0.2) is 48.7 Å². The number of ether oxygens (including phenoxy) is 1. The Hall–Kier alpha value is -5.70. The van der Waals surface area contributed by atoms with Crippen LogP contribution < -0.4 is 25.2 Å². The maximum Gasteiger partial charge on any atom is 0.319 e. The molecule has 6 heterocycles. The molecule has 3 aromatic carbocycles. The van der Waals surface area contributed by atoms with E-state index in [1.807, 2.05) is 6.92 Å². The molecule has 1 saturated carbocycles. The molecular weight excluding hydrogens is 834 g/mol. The van der Waals surface area contributed by atoms with Gasteiger partial charge >= 0.3 is 6.01 Å². The van der Waals surface area contributed by atoms with Crippen molar-refractivity contribution in [1.82, 2.24) is 25.2 Å². The largest absolute Gasteiger partial charge is 0.508 e.